The number of carbonyl (C=O) groups is 1. The van der Waals surface area contributed by atoms with Crippen LogP contribution in [0.1, 0.15) is 55.0 Å². The highest BCUT2D eigenvalue weighted by molar-refractivity contribution is 7.90. The van der Waals surface area contributed by atoms with Crippen molar-refractivity contribution < 1.29 is 31.8 Å². The minimum absolute atomic E-state index is 0.102. The number of hydrogen-bond donors (Lipinski definition) is 1. The molecule has 0 saturated heterocycles. The number of halogens is 1. The molecule has 0 bridgehead atoms. The molecule has 7 nitrogen and oxygen atoms in total. The van der Waals surface area contributed by atoms with E-state index >= 15 is 0 Å². The van der Waals surface area contributed by atoms with E-state index in [2.05, 4.69) is 36.0 Å². The number of rotatable bonds is 12. The number of methoxy groups -OCH3 is 1. The molecule has 0 radical (unpaired) electrons. The summed E-state index contributed by atoms with van der Waals surface area (Å²) in [6, 6.07) is 15.3. The molecule has 41 heavy (non-hydrogen) atoms. The smallest absolute Gasteiger partial charge is 0.305 e. The van der Waals surface area contributed by atoms with Gasteiger partial charge >= 0.3 is 5.97 Å². The van der Waals surface area contributed by atoms with Crippen LogP contribution in [0.4, 0.5) is 10.1 Å². The second kappa shape index (κ2) is 13.4. The number of aryl methyl sites for hydroxylation is 3. The van der Waals surface area contributed by atoms with Gasteiger partial charge in [0.1, 0.15) is 33.8 Å². The van der Waals surface area contributed by atoms with Crippen LogP contribution >= 0.6 is 0 Å². The Morgan fingerprint density at radius 3 is 2.46 bits per heavy atom. The number of fused-ring (bicyclic) bond motifs is 1. The van der Waals surface area contributed by atoms with Crippen LogP contribution < -0.4 is 14.8 Å². The van der Waals surface area contributed by atoms with Crippen molar-refractivity contribution in [3.63, 3.8) is 0 Å². The summed E-state index contributed by atoms with van der Waals surface area (Å²) in [5, 5.41) is 3.42. The number of ether oxygens (including phenoxy) is 3. The molecule has 3 aromatic carbocycles. The Bertz CT molecular complexity index is 1480. The fourth-order valence-electron chi connectivity index (χ4n) is 5.11. The fraction of sp³-hybridized carbons (Fsp3) is 0.406. The summed E-state index contributed by atoms with van der Waals surface area (Å²) >= 11 is 0. The van der Waals surface area contributed by atoms with Crippen LogP contribution in [0.3, 0.4) is 0 Å². The third-order valence-corrected chi connectivity index (χ3v) is 8.28. The first-order valence-electron chi connectivity index (χ1n) is 14.0. The molecule has 1 aliphatic heterocycles. The highest BCUT2D eigenvalue weighted by atomic mass is 32.2. The first kappa shape index (κ1) is 30.4. The SMILES string of the molecule is CCc1cc(OCCCS(C)(=O)=O)cc(CC)c1-c1cccc(C2COc3cc(CCC(=O)OC)c(F)cc3N2)c1. The Balaban J connectivity index is 1.54. The van der Waals surface area contributed by atoms with Gasteiger partial charge in [-0.1, -0.05) is 32.0 Å². The van der Waals surface area contributed by atoms with E-state index in [0.29, 0.717) is 36.6 Å². The van der Waals surface area contributed by atoms with E-state index in [1.54, 1.807) is 6.07 Å². The molecule has 1 N–H and O–H groups in total. The maximum Gasteiger partial charge on any atom is 0.305 e. The van der Waals surface area contributed by atoms with Gasteiger partial charge in [-0.3, -0.25) is 4.79 Å². The van der Waals surface area contributed by atoms with Crippen molar-refractivity contribution in [3.05, 3.63) is 76.6 Å². The van der Waals surface area contributed by atoms with Crippen molar-refractivity contribution in [2.24, 2.45) is 0 Å². The average Bonchev–Trinajstić information content (AvgIpc) is 2.96. The van der Waals surface area contributed by atoms with E-state index in [4.69, 9.17) is 9.47 Å². The van der Waals surface area contributed by atoms with E-state index in [9.17, 15) is 17.6 Å². The molecule has 3 aromatic rings. The Hall–Kier alpha value is -3.59. The molecule has 0 spiro atoms. The molecule has 1 heterocycles. The second-order valence-corrected chi connectivity index (χ2v) is 12.6. The zero-order valence-electron chi connectivity index (χ0n) is 24.1. The van der Waals surface area contributed by atoms with Gasteiger partial charge < -0.3 is 19.5 Å². The first-order valence-corrected chi connectivity index (χ1v) is 16.0. The van der Waals surface area contributed by atoms with Crippen molar-refractivity contribution in [1.82, 2.24) is 0 Å². The first-order chi connectivity index (χ1) is 19.6. The third kappa shape index (κ3) is 7.79. The highest BCUT2D eigenvalue weighted by Crippen LogP contribution is 2.38. The summed E-state index contributed by atoms with van der Waals surface area (Å²) < 4.78 is 54.3. The van der Waals surface area contributed by atoms with Gasteiger partial charge in [0.2, 0.25) is 0 Å². The van der Waals surface area contributed by atoms with Gasteiger partial charge in [-0.25, -0.2) is 12.8 Å². The Kier molecular flexibility index (Phi) is 9.91. The Morgan fingerprint density at radius 2 is 1.80 bits per heavy atom. The largest absolute Gasteiger partial charge is 0.494 e. The number of nitrogens with one attached hydrogen (secondary N) is 1. The van der Waals surface area contributed by atoms with E-state index in [0.717, 1.165) is 40.8 Å². The maximum atomic E-state index is 14.8. The lowest BCUT2D eigenvalue weighted by Gasteiger charge is -2.29. The van der Waals surface area contributed by atoms with Crippen LogP contribution in [0.15, 0.2) is 48.5 Å². The minimum atomic E-state index is -3.02. The summed E-state index contributed by atoms with van der Waals surface area (Å²) in [5.41, 5.74) is 6.56. The Labute approximate surface area is 241 Å². The molecule has 1 aliphatic rings. The quantitative estimate of drug-likeness (QED) is 0.204. The molecule has 0 saturated carbocycles. The van der Waals surface area contributed by atoms with Crippen LogP contribution in [-0.2, 0) is 38.6 Å². The predicted molar refractivity (Wildman–Crippen MR) is 159 cm³/mol. The number of anilines is 1. The van der Waals surface area contributed by atoms with Gasteiger partial charge in [-0.2, -0.15) is 0 Å². The van der Waals surface area contributed by atoms with E-state index in [1.165, 1.54) is 25.0 Å². The number of benzene rings is 3. The minimum Gasteiger partial charge on any atom is -0.494 e. The van der Waals surface area contributed by atoms with E-state index < -0.39 is 15.7 Å². The number of sulfone groups is 1. The number of hydrogen-bond acceptors (Lipinski definition) is 7. The molecule has 0 aromatic heterocycles. The van der Waals surface area contributed by atoms with Gasteiger partial charge in [0.15, 0.2) is 0 Å². The zero-order valence-corrected chi connectivity index (χ0v) is 24.9. The third-order valence-electron chi connectivity index (χ3n) is 7.25. The maximum absolute atomic E-state index is 14.8. The van der Waals surface area contributed by atoms with Crippen LogP contribution in [-0.4, -0.2) is 46.7 Å². The van der Waals surface area contributed by atoms with Crippen molar-refractivity contribution >= 4 is 21.5 Å². The van der Waals surface area contributed by atoms with Crippen LogP contribution in [0, 0.1) is 5.82 Å². The lowest BCUT2D eigenvalue weighted by Crippen LogP contribution is -2.24. The van der Waals surface area contributed by atoms with Crippen LogP contribution in [0.2, 0.25) is 0 Å². The average molecular weight is 584 g/mol. The number of esters is 1. The van der Waals surface area contributed by atoms with E-state index in [1.807, 2.05) is 24.3 Å². The highest BCUT2D eigenvalue weighted by Gasteiger charge is 2.23. The summed E-state index contributed by atoms with van der Waals surface area (Å²) in [4.78, 5) is 11.5. The van der Waals surface area contributed by atoms with Gasteiger partial charge in [0.25, 0.3) is 0 Å². The van der Waals surface area contributed by atoms with Gasteiger partial charge in [-0.05, 0) is 83.3 Å². The summed E-state index contributed by atoms with van der Waals surface area (Å²) in [5.74, 6) is 0.639. The molecule has 9 heteroatoms. The second-order valence-electron chi connectivity index (χ2n) is 10.3. The van der Waals surface area contributed by atoms with Gasteiger partial charge in [-0.15, -0.1) is 0 Å². The molecular weight excluding hydrogens is 545 g/mol. The van der Waals surface area contributed by atoms with Crippen molar-refractivity contribution in [2.75, 3.05) is 37.6 Å². The van der Waals surface area contributed by atoms with Crippen LogP contribution in [0.25, 0.3) is 11.1 Å². The lowest BCUT2D eigenvalue weighted by atomic mass is 9.89. The lowest BCUT2D eigenvalue weighted by molar-refractivity contribution is -0.140. The topological polar surface area (TPSA) is 90.9 Å². The van der Waals surface area contributed by atoms with Crippen molar-refractivity contribution in [3.8, 4) is 22.6 Å². The normalized spacial score (nSPS) is 14.5. The fourth-order valence-corrected chi connectivity index (χ4v) is 5.75. The monoisotopic (exact) mass is 583 g/mol. The van der Waals surface area contributed by atoms with Crippen LogP contribution in [0.5, 0.6) is 11.5 Å². The molecular formula is C32H38FNO6S. The van der Waals surface area contributed by atoms with E-state index in [-0.39, 0.29) is 30.6 Å². The molecule has 1 atom stereocenters. The Morgan fingerprint density at radius 1 is 1.07 bits per heavy atom. The molecule has 4 rings (SSSR count). The van der Waals surface area contributed by atoms with Gasteiger partial charge in [0, 0.05) is 18.7 Å². The standard InChI is InChI=1S/C32H38FNO6S/c1-5-21-16-26(39-13-8-14-41(4,36)37)17-22(6-2)32(21)25-10-7-9-24(15-25)29-20-40-30-18-23(11-12-31(35)38-3)27(33)19-28(30)34-29/h7,9-10,15-19,29,34H,5-6,8,11-14,20H2,1-4H3. The summed E-state index contributed by atoms with van der Waals surface area (Å²) in [6.45, 7) is 4.93. The summed E-state index contributed by atoms with van der Waals surface area (Å²) in [6.07, 6.45) is 3.64. The molecule has 0 fully saturated rings. The number of carbonyl (C=O) groups excluding carboxylic acids is 1. The molecule has 0 aliphatic carbocycles. The van der Waals surface area contributed by atoms with Gasteiger partial charge in [0.05, 0.1) is 31.2 Å². The van der Waals surface area contributed by atoms with Crippen molar-refractivity contribution in [2.45, 2.75) is 52.0 Å². The predicted octanol–water partition coefficient (Wildman–Crippen LogP) is 6.08. The van der Waals surface area contributed by atoms with Crippen molar-refractivity contribution in [1.29, 1.82) is 0 Å². The molecule has 0 amide bonds. The molecule has 1 unspecified atom stereocenters. The summed E-state index contributed by atoms with van der Waals surface area (Å²) in [7, 11) is -1.70. The molecule has 220 valence electrons. The zero-order chi connectivity index (χ0) is 29.6.